The fraction of sp³-hybridized carbons (Fsp3) is 0.364. The predicted molar refractivity (Wildman–Crippen MR) is 120 cm³/mol. The Morgan fingerprint density at radius 3 is 2.50 bits per heavy atom. The molecular formula is C22H29ClN4O3. The molecule has 0 atom stereocenters. The number of para-hydroxylation sites is 1. The molecule has 1 aliphatic heterocycles. The van der Waals surface area contributed by atoms with Crippen molar-refractivity contribution in [1.82, 2.24) is 10.2 Å². The van der Waals surface area contributed by atoms with Gasteiger partial charge in [-0.2, -0.15) is 0 Å². The van der Waals surface area contributed by atoms with Gasteiger partial charge in [0.2, 0.25) is 0 Å². The van der Waals surface area contributed by atoms with Gasteiger partial charge in [0.15, 0.2) is 5.84 Å². The minimum absolute atomic E-state index is 0. The minimum atomic E-state index is 0. The summed E-state index contributed by atoms with van der Waals surface area (Å²) in [6, 6.07) is 16.8. The molecule has 1 amide bonds. The lowest BCUT2D eigenvalue weighted by Gasteiger charge is -2.32. The average molecular weight is 433 g/mol. The van der Waals surface area contributed by atoms with Crippen LogP contribution < -0.4 is 15.8 Å². The number of ether oxygens (including phenoxy) is 1. The zero-order valence-electron chi connectivity index (χ0n) is 16.9. The Morgan fingerprint density at radius 2 is 1.80 bits per heavy atom. The molecule has 0 spiro atoms. The number of oxime groups is 1. The van der Waals surface area contributed by atoms with Crippen LogP contribution in [0.4, 0.5) is 0 Å². The van der Waals surface area contributed by atoms with Crippen LogP contribution in [0.15, 0.2) is 59.8 Å². The zero-order valence-corrected chi connectivity index (χ0v) is 17.7. The summed E-state index contributed by atoms with van der Waals surface area (Å²) in [6.07, 6.45) is 2.78. The number of nitrogens with one attached hydrogen (secondary N) is 1. The first-order chi connectivity index (χ1) is 14.2. The van der Waals surface area contributed by atoms with Crippen LogP contribution in [-0.2, 0) is 0 Å². The lowest BCUT2D eigenvalue weighted by atomic mass is 10.0. The number of halogens is 1. The molecule has 2 aromatic rings. The van der Waals surface area contributed by atoms with Crippen molar-refractivity contribution < 1.29 is 14.7 Å². The fourth-order valence-corrected chi connectivity index (χ4v) is 3.49. The van der Waals surface area contributed by atoms with E-state index < -0.39 is 0 Å². The van der Waals surface area contributed by atoms with E-state index in [9.17, 15) is 4.79 Å². The molecule has 4 N–H and O–H groups in total. The van der Waals surface area contributed by atoms with Gasteiger partial charge in [0.05, 0.1) is 12.2 Å². The molecule has 0 unspecified atom stereocenters. The molecule has 30 heavy (non-hydrogen) atoms. The van der Waals surface area contributed by atoms with Crippen molar-refractivity contribution in [3.8, 4) is 5.75 Å². The lowest BCUT2D eigenvalue weighted by Crippen LogP contribution is -2.45. The Kier molecular flexibility index (Phi) is 9.44. The van der Waals surface area contributed by atoms with E-state index in [1.807, 2.05) is 48.5 Å². The van der Waals surface area contributed by atoms with Crippen molar-refractivity contribution in [2.75, 3.05) is 26.2 Å². The molecule has 0 saturated carbocycles. The second-order valence-corrected chi connectivity index (χ2v) is 7.14. The van der Waals surface area contributed by atoms with Gasteiger partial charge in [-0.05, 0) is 43.5 Å². The highest BCUT2D eigenvalue weighted by Gasteiger charge is 2.20. The Bertz CT molecular complexity index is 824. The van der Waals surface area contributed by atoms with Gasteiger partial charge in [-0.25, -0.2) is 0 Å². The van der Waals surface area contributed by atoms with Crippen LogP contribution in [-0.4, -0.2) is 54.1 Å². The molecule has 0 aliphatic carbocycles. The number of nitrogens with zero attached hydrogens (tertiary/aromatic N) is 2. The molecule has 0 radical (unpaired) electrons. The van der Waals surface area contributed by atoms with Crippen molar-refractivity contribution in [3.63, 3.8) is 0 Å². The quantitative estimate of drug-likeness (QED) is 0.196. The summed E-state index contributed by atoms with van der Waals surface area (Å²) >= 11 is 0. The molecule has 2 aromatic carbocycles. The SMILES string of the molecule is Cl.N/C(=N\O)c1ccccc1OCCCN1CCC(NC(=O)c2ccccc2)CC1. The summed E-state index contributed by atoms with van der Waals surface area (Å²) in [7, 11) is 0. The van der Waals surface area contributed by atoms with Crippen molar-refractivity contribution in [2.24, 2.45) is 10.9 Å². The number of hydrogen-bond donors (Lipinski definition) is 3. The molecule has 162 valence electrons. The summed E-state index contributed by atoms with van der Waals surface area (Å²) < 4.78 is 5.82. The molecule has 8 heteroatoms. The Morgan fingerprint density at radius 1 is 1.13 bits per heavy atom. The van der Waals surface area contributed by atoms with Crippen molar-refractivity contribution in [2.45, 2.75) is 25.3 Å². The van der Waals surface area contributed by atoms with Crippen LogP contribution in [0.1, 0.15) is 35.2 Å². The van der Waals surface area contributed by atoms with Gasteiger partial charge in [-0.15, -0.1) is 12.4 Å². The number of amidine groups is 1. The van der Waals surface area contributed by atoms with Gasteiger partial charge in [-0.1, -0.05) is 35.5 Å². The van der Waals surface area contributed by atoms with Crippen LogP contribution in [0.3, 0.4) is 0 Å². The van der Waals surface area contributed by atoms with E-state index in [4.69, 9.17) is 15.7 Å². The van der Waals surface area contributed by atoms with Crippen LogP contribution in [0.5, 0.6) is 5.75 Å². The number of benzene rings is 2. The number of carbonyl (C=O) groups excluding carboxylic acids is 1. The van der Waals surface area contributed by atoms with Gasteiger partial charge < -0.3 is 25.9 Å². The topological polar surface area (TPSA) is 100 Å². The second kappa shape index (κ2) is 12.0. The molecule has 1 heterocycles. The molecule has 0 bridgehead atoms. The highest BCUT2D eigenvalue weighted by molar-refractivity contribution is 5.99. The number of nitrogens with two attached hydrogens (primary N) is 1. The van der Waals surface area contributed by atoms with Crippen LogP contribution in [0, 0.1) is 0 Å². The first-order valence-electron chi connectivity index (χ1n) is 9.95. The number of piperidine rings is 1. The number of hydrogen-bond acceptors (Lipinski definition) is 5. The Balaban J connectivity index is 0.00000320. The molecule has 1 fully saturated rings. The smallest absolute Gasteiger partial charge is 0.251 e. The van der Waals surface area contributed by atoms with Crippen LogP contribution in [0.2, 0.25) is 0 Å². The molecule has 1 aliphatic rings. The van der Waals surface area contributed by atoms with E-state index in [2.05, 4.69) is 15.4 Å². The highest BCUT2D eigenvalue weighted by Crippen LogP contribution is 2.18. The predicted octanol–water partition coefficient (Wildman–Crippen LogP) is 2.87. The fourth-order valence-electron chi connectivity index (χ4n) is 3.49. The third-order valence-corrected chi connectivity index (χ3v) is 5.11. The van der Waals surface area contributed by atoms with E-state index in [1.54, 1.807) is 6.07 Å². The second-order valence-electron chi connectivity index (χ2n) is 7.14. The summed E-state index contributed by atoms with van der Waals surface area (Å²) in [5, 5.41) is 15.0. The van der Waals surface area contributed by atoms with E-state index in [1.165, 1.54) is 0 Å². The van der Waals surface area contributed by atoms with Crippen molar-refractivity contribution in [1.29, 1.82) is 0 Å². The summed E-state index contributed by atoms with van der Waals surface area (Å²) in [5.74, 6) is 0.659. The first-order valence-corrected chi connectivity index (χ1v) is 9.95. The first kappa shape index (κ1) is 23.5. The minimum Gasteiger partial charge on any atom is -0.493 e. The largest absolute Gasteiger partial charge is 0.493 e. The third-order valence-electron chi connectivity index (χ3n) is 5.11. The summed E-state index contributed by atoms with van der Waals surface area (Å²) in [4.78, 5) is 14.7. The Labute approximate surface area is 183 Å². The van der Waals surface area contributed by atoms with E-state index in [0.717, 1.165) is 38.9 Å². The molecule has 1 saturated heterocycles. The normalized spacial score (nSPS) is 15.3. The van der Waals surface area contributed by atoms with Gasteiger partial charge in [-0.3, -0.25) is 4.79 Å². The highest BCUT2D eigenvalue weighted by atomic mass is 35.5. The van der Waals surface area contributed by atoms with Crippen LogP contribution in [0.25, 0.3) is 0 Å². The lowest BCUT2D eigenvalue weighted by molar-refractivity contribution is 0.0909. The summed E-state index contributed by atoms with van der Waals surface area (Å²) in [5.41, 5.74) is 6.98. The maximum atomic E-state index is 12.3. The molecule has 7 nitrogen and oxygen atoms in total. The number of likely N-dealkylation sites (tertiary alicyclic amines) is 1. The van der Waals surface area contributed by atoms with Gasteiger partial charge in [0.1, 0.15) is 5.75 Å². The monoisotopic (exact) mass is 432 g/mol. The molecule has 0 aromatic heterocycles. The average Bonchev–Trinajstić information content (AvgIpc) is 2.78. The standard InChI is InChI=1S/C22H28N4O3.ClH/c23-21(25-28)19-9-4-5-10-20(19)29-16-6-13-26-14-11-18(12-15-26)24-22(27)17-7-2-1-3-8-17;/h1-5,7-10,18,28H,6,11-16H2,(H2,23,25)(H,24,27);1H. The zero-order chi connectivity index (χ0) is 20.5. The van der Waals surface area contributed by atoms with Gasteiger partial charge in [0, 0.05) is 31.2 Å². The van der Waals surface area contributed by atoms with Gasteiger partial charge in [0.25, 0.3) is 5.91 Å². The van der Waals surface area contributed by atoms with Crippen molar-refractivity contribution >= 4 is 24.1 Å². The maximum Gasteiger partial charge on any atom is 0.251 e. The van der Waals surface area contributed by atoms with E-state index >= 15 is 0 Å². The number of amides is 1. The van der Waals surface area contributed by atoms with E-state index in [-0.39, 0.29) is 30.2 Å². The van der Waals surface area contributed by atoms with Gasteiger partial charge >= 0.3 is 0 Å². The Hall–Kier alpha value is -2.77. The maximum absolute atomic E-state index is 12.3. The molecule has 3 rings (SSSR count). The third kappa shape index (κ3) is 6.64. The number of rotatable bonds is 8. The van der Waals surface area contributed by atoms with Crippen molar-refractivity contribution in [3.05, 3.63) is 65.7 Å². The summed E-state index contributed by atoms with van der Waals surface area (Å²) in [6.45, 7) is 3.41. The number of carbonyl (C=O) groups is 1. The van der Waals surface area contributed by atoms with Crippen LogP contribution >= 0.6 is 12.4 Å². The molecular weight excluding hydrogens is 404 g/mol. The van der Waals surface area contributed by atoms with E-state index in [0.29, 0.717) is 23.5 Å².